The SMILES string of the molecule is C=C1NC2=C(C(=O)CC(C)(C)C2)C(c2cccc(OC)c2OC)C1C(=O)Nc1nc2ccc(OC)cc2s1. The summed E-state index contributed by atoms with van der Waals surface area (Å²) in [5.41, 5.74) is 3.17. The molecule has 2 N–H and O–H groups in total. The van der Waals surface area contributed by atoms with E-state index in [9.17, 15) is 9.59 Å². The molecule has 1 aliphatic heterocycles. The first-order valence-electron chi connectivity index (χ1n) is 12.3. The minimum Gasteiger partial charge on any atom is -0.497 e. The van der Waals surface area contributed by atoms with Gasteiger partial charge in [0.2, 0.25) is 5.91 Å². The quantitative estimate of drug-likeness (QED) is 0.437. The van der Waals surface area contributed by atoms with E-state index in [1.165, 1.54) is 11.3 Å². The number of anilines is 1. The van der Waals surface area contributed by atoms with Crippen molar-refractivity contribution in [3.8, 4) is 17.2 Å². The number of thiazole rings is 1. The largest absolute Gasteiger partial charge is 0.497 e. The lowest BCUT2D eigenvalue weighted by Crippen LogP contribution is -2.44. The molecule has 3 aromatic rings. The Morgan fingerprint density at radius 3 is 2.63 bits per heavy atom. The van der Waals surface area contributed by atoms with Gasteiger partial charge in [-0.3, -0.25) is 9.59 Å². The van der Waals surface area contributed by atoms with E-state index in [1.807, 2.05) is 30.3 Å². The van der Waals surface area contributed by atoms with Crippen LogP contribution in [0.2, 0.25) is 0 Å². The van der Waals surface area contributed by atoms with Crippen LogP contribution in [0.4, 0.5) is 5.13 Å². The fourth-order valence-electron chi connectivity index (χ4n) is 5.52. The van der Waals surface area contributed by atoms with E-state index in [0.717, 1.165) is 15.9 Å². The monoisotopic (exact) mass is 533 g/mol. The van der Waals surface area contributed by atoms with Gasteiger partial charge in [-0.2, -0.15) is 0 Å². The van der Waals surface area contributed by atoms with Crippen LogP contribution in [0.1, 0.15) is 38.2 Å². The molecule has 0 spiro atoms. The van der Waals surface area contributed by atoms with Gasteiger partial charge in [0.15, 0.2) is 22.4 Å². The molecule has 2 unspecified atom stereocenters. The van der Waals surface area contributed by atoms with Gasteiger partial charge in [-0.15, -0.1) is 0 Å². The number of hydrogen-bond donors (Lipinski definition) is 2. The second-order valence-electron chi connectivity index (χ2n) is 10.4. The third-order valence-corrected chi connectivity index (χ3v) is 8.06. The molecular formula is C29H31N3O5S. The second kappa shape index (κ2) is 9.79. The van der Waals surface area contributed by atoms with E-state index in [4.69, 9.17) is 14.2 Å². The molecule has 0 saturated heterocycles. The molecular weight excluding hydrogens is 502 g/mol. The number of benzene rings is 2. The predicted molar refractivity (Wildman–Crippen MR) is 148 cm³/mol. The Bertz CT molecular complexity index is 1490. The van der Waals surface area contributed by atoms with Gasteiger partial charge < -0.3 is 24.8 Å². The molecule has 0 bridgehead atoms. The zero-order valence-corrected chi connectivity index (χ0v) is 23.0. The molecule has 2 heterocycles. The number of hydrogen-bond acceptors (Lipinski definition) is 8. The number of amides is 1. The molecule has 198 valence electrons. The van der Waals surface area contributed by atoms with Crippen molar-refractivity contribution >= 4 is 38.4 Å². The lowest BCUT2D eigenvalue weighted by Gasteiger charge is -2.42. The van der Waals surface area contributed by atoms with Gasteiger partial charge in [-0.1, -0.05) is 43.9 Å². The van der Waals surface area contributed by atoms with E-state index < -0.39 is 11.8 Å². The minimum absolute atomic E-state index is 0.0102. The van der Waals surface area contributed by atoms with Crippen molar-refractivity contribution < 1.29 is 23.8 Å². The van der Waals surface area contributed by atoms with Crippen LogP contribution in [0.3, 0.4) is 0 Å². The summed E-state index contributed by atoms with van der Waals surface area (Å²) in [6.45, 7) is 8.38. The molecule has 5 rings (SSSR count). The van der Waals surface area contributed by atoms with E-state index in [0.29, 0.717) is 52.1 Å². The Hall–Kier alpha value is -3.85. The van der Waals surface area contributed by atoms with Crippen molar-refractivity contribution in [3.63, 3.8) is 0 Å². The average molecular weight is 534 g/mol. The van der Waals surface area contributed by atoms with Gasteiger partial charge in [0.1, 0.15) is 5.75 Å². The van der Waals surface area contributed by atoms with Crippen LogP contribution in [0.5, 0.6) is 17.2 Å². The molecule has 0 radical (unpaired) electrons. The van der Waals surface area contributed by atoms with Crippen LogP contribution < -0.4 is 24.8 Å². The predicted octanol–water partition coefficient (Wildman–Crippen LogP) is 5.42. The standard InChI is InChI=1S/C29H31N3O5S/c1-15-23(27(34)32-28-31-18-11-10-16(35-4)12-22(18)38-28)24(17-8-7-9-21(36-5)26(17)37-6)25-19(30-15)13-29(2,3)14-20(25)33/h7-12,23-24,30H,1,13-14H2,2-6H3,(H,31,32,34). The molecule has 2 aromatic carbocycles. The molecule has 2 aliphatic rings. The van der Waals surface area contributed by atoms with Crippen molar-refractivity contribution in [3.05, 3.63) is 65.5 Å². The summed E-state index contributed by atoms with van der Waals surface area (Å²) < 4.78 is 17.5. The van der Waals surface area contributed by atoms with Crippen LogP contribution in [0, 0.1) is 11.3 Å². The number of fused-ring (bicyclic) bond motifs is 1. The van der Waals surface area contributed by atoms with Crippen molar-refractivity contribution in [1.82, 2.24) is 10.3 Å². The van der Waals surface area contributed by atoms with Crippen LogP contribution in [-0.2, 0) is 9.59 Å². The zero-order chi connectivity index (χ0) is 27.2. The molecule has 0 saturated carbocycles. The van der Waals surface area contributed by atoms with E-state index in [2.05, 4.69) is 36.0 Å². The van der Waals surface area contributed by atoms with Gasteiger partial charge in [-0.25, -0.2) is 4.98 Å². The maximum atomic E-state index is 13.9. The van der Waals surface area contributed by atoms with Crippen molar-refractivity contribution in [2.24, 2.45) is 11.3 Å². The smallest absolute Gasteiger partial charge is 0.236 e. The summed E-state index contributed by atoms with van der Waals surface area (Å²) in [4.78, 5) is 32.2. The molecule has 1 amide bonds. The number of methoxy groups -OCH3 is 3. The third kappa shape index (κ3) is 4.51. The van der Waals surface area contributed by atoms with Crippen LogP contribution in [0.15, 0.2) is 59.9 Å². The maximum absolute atomic E-state index is 13.9. The van der Waals surface area contributed by atoms with Gasteiger partial charge in [0.25, 0.3) is 0 Å². The zero-order valence-electron chi connectivity index (χ0n) is 22.1. The Morgan fingerprint density at radius 2 is 1.92 bits per heavy atom. The van der Waals surface area contributed by atoms with Crippen LogP contribution >= 0.6 is 11.3 Å². The highest BCUT2D eigenvalue weighted by molar-refractivity contribution is 7.22. The number of para-hydroxylation sites is 1. The molecule has 1 aromatic heterocycles. The first-order chi connectivity index (χ1) is 18.2. The Kier molecular flexibility index (Phi) is 6.65. The molecule has 0 fully saturated rings. The summed E-state index contributed by atoms with van der Waals surface area (Å²) in [6, 6.07) is 11.1. The number of Topliss-reactive ketones (excluding diaryl/α,β-unsaturated/α-hetero) is 1. The fraction of sp³-hybridized carbons (Fsp3) is 0.345. The summed E-state index contributed by atoms with van der Waals surface area (Å²) in [5, 5.41) is 6.77. The number of ether oxygens (including phenoxy) is 3. The molecule has 9 heteroatoms. The van der Waals surface area contributed by atoms with Crippen molar-refractivity contribution in [2.75, 3.05) is 26.6 Å². The first kappa shape index (κ1) is 25.8. The Balaban J connectivity index is 1.60. The molecule has 1 aliphatic carbocycles. The van der Waals surface area contributed by atoms with Gasteiger partial charge in [0.05, 0.1) is 37.5 Å². The average Bonchev–Trinajstić information content (AvgIpc) is 3.27. The van der Waals surface area contributed by atoms with Gasteiger partial charge in [0, 0.05) is 34.9 Å². The van der Waals surface area contributed by atoms with Gasteiger partial charge in [-0.05, 0) is 36.1 Å². The number of carbonyl (C=O) groups excluding carboxylic acids is 2. The number of aromatic nitrogens is 1. The number of nitrogens with zero attached hydrogens (tertiary/aromatic N) is 1. The summed E-state index contributed by atoms with van der Waals surface area (Å²) in [6.07, 6.45) is 1.06. The summed E-state index contributed by atoms with van der Waals surface area (Å²) >= 11 is 1.36. The Labute approximate surface area is 225 Å². The van der Waals surface area contributed by atoms with Crippen molar-refractivity contribution in [1.29, 1.82) is 0 Å². The second-order valence-corrected chi connectivity index (χ2v) is 11.4. The Morgan fingerprint density at radius 1 is 1.13 bits per heavy atom. The van der Waals surface area contributed by atoms with Gasteiger partial charge >= 0.3 is 0 Å². The number of rotatable bonds is 6. The van der Waals surface area contributed by atoms with Crippen molar-refractivity contribution in [2.45, 2.75) is 32.6 Å². The topological polar surface area (TPSA) is 98.8 Å². The van der Waals surface area contributed by atoms with E-state index in [1.54, 1.807) is 27.4 Å². The number of ketones is 1. The lowest BCUT2D eigenvalue weighted by atomic mass is 9.66. The number of allylic oxidation sites excluding steroid dienone is 2. The maximum Gasteiger partial charge on any atom is 0.236 e. The number of nitrogens with one attached hydrogen (secondary N) is 2. The molecule has 38 heavy (non-hydrogen) atoms. The first-order valence-corrected chi connectivity index (χ1v) is 13.2. The van der Waals surface area contributed by atoms with E-state index in [-0.39, 0.29) is 17.1 Å². The van der Waals surface area contributed by atoms with Crippen LogP contribution in [-0.4, -0.2) is 38.0 Å². The molecule has 2 atom stereocenters. The van der Waals surface area contributed by atoms with E-state index >= 15 is 0 Å². The highest BCUT2D eigenvalue weighted by Gasteiger charge is 2.47. The van der Waals surface area contributed by atoms with Crippen LogP contribution in [0.25, 0.3) is 10.2 Å². The lowest BCUT2D eigenvalue weighted by molar-refractivity contribution is -0.120. The summed E-state index contributed by atoms with van der Waals surface area (Å²) in [5.74, 6) is 0.0300. The normalized spacial score (nSPS) is 20.6. The highest BCUT2D eigenvalue weighted by atomic mass is 32.1. The minimum atomic E-state index is -0.790. The summed E-state index contributed by atoms with van der Waals surface area (Å²) in [7, 11) is 4.73. The molecule has 8 nitrogen and oxygen atoms in total. The highest BCUT2D eigenvalue weighted by Crippen LogP contribution is 2.51. The fourth-order valence-corrected chi connectivity index (χ4v) is 6.41. The number of carbonyl (C=O) groups is 2. The third-order valence-electron chi connectivity index (χ3n) is 7.13.